The Bertz CT molecular complexity index is 738. The van der Waals surface area contributed by atoms with Crippen LogP contribution in [0.4, 0.5) is 4.39 Å². The average molecular weight is 486 g/mol. The molecule has 0 saturated carbocycles. The van der Waals surface area contributed by atoms with Crippen molar-refractivity contribution in [3.05, 3.63) is 47.8 Å². The van der Waals surface area contributed by atoms with Crippen LogP contribution in [0.5, 0.6) is 0 Å². The molecule has 3 rings (SSSR count). The fraction of sp³-hybridized carbons (Fsp3) is 0.526. The molecule has 2 N–H and O–H groups in total. The molecule has 0 radical (unpaired) electrons. The van der Waals surface area contributed by atoms with Gasteiger partial charge in [-0.25, -0.2) is 9.37 Å². The van der Waals surface area contributed by atoms with E-state index in [2.05, 4.69) is 44.2 Å². The number of nitrogens with one attached hydrogen (secondary N) is 2. The van der Waals surface area contributed by atoms with Crippen LogP contribution < -0.4 is 5.32 Å². The number of benzene rings is 1. The van der Waals surface area contributed by atoms with Gasteiger partial charge in [0.15, 0.2) is 5.96 Å². The van der Waals surface area contributed by atoms with E-state index >= 15 is 0 Å². The summed E-state index contributed by atoms with van der Waals surface area (Å²) in [6.45, 7) is 6.75. The highest BCUT2D eigenvalue weighted by molar-refractivity contribution is 14.0. The summed E-state index contributed by atoms with van der Waals surface area (Å²) in [5.74, 6) is 2.09. The normalized spacial score (nSPS) is 16.1. The molecular formula is C19H28FIN6. The zero-order valence-electron chi connectivity index (χ0n) is 16.1. The van der Waals surface area contributed by atoms with E-state index in [0.717, 1.165) is 43.3 Å². The van der Waals surface area contributed by atoms with Gasteiger partial charge in [0, 0.05) is 38.0 Å². The number of halogens is 2. The Kier molecular flexibility index (Phi) is 7.58. The molecule has 0 amide bonds. The first-order chi connectivity index (χ1) is 12.5. The van der Waals surface area contributed by atoms with Gasteiger partial charge in [-0.1, -0.05) is 26.0 Å². The van der Waals surface area contributed by atoms with Crippen LogP contribution in [0.2, 0.25) is 0 Å². The lowest BCUT2D eigenvalue weighted by molar-refractivity contribution is 0.296. The summed E-state index contributed by atoms with van der Waals surface area (Å²) in [6, 6.07) is 6.81. The molecule has 2 heterocycles. The highest BCUT2D eigenvalue weighted by atomic mass is 127. The predicted octanol–water partition coefficient (Wildman–Crippen LogP) is 3.29. The summed E-state index contributed by atoms with van der Waals surface area (Å²) in [5, 5.41) is 10.4. The Morgan fingerprint density at radius 1 is 1.37 bits per heavy atom. The van der Waals surface area contributed by atoms with Crippen LogP contribution >= 0.6 is 24.0 Å². The van der Waals surface area contributed by atoms with Gasteiger partial charge in [-0.15, -0.1) is 24.0 Å². The lowest BCUT2D eigenvalue weighted by Gasteiger charge is -2.35. The van der Waals surface area contributed by atoms with Crippen LogP contribution in [0.25, 0.3) is 0 Å². The van der Waals surface area contributed by atoms with Gasteiger partial charge in [0.25, 0.3) is 0 Å². The van der Waals surface area contributed by atoms with Crippen LogP contribution in [0.1, 0.15) is 44.0 Å². The second-order valence-electron chi connectivity index (χ2n) is 7.43. The summed E-state index contributed by atoms with van der Waals surface area (Å²) >= 11 is 0. The largest absolute Gasteiger partial charge is 0.355 e. The third-order valence-corrected chi connectivity index (χ3v) is 5.12. The van der Waals surface area contributed by atoms with Crippen LogP contribution in [0, 0.1) is 5.82 Å². The van der Waals surface area contributed by atoms with Crippen molar-refractivity contribution in [2.75, 3.05) is 26.7 Å². The van der Waals surface area contributed by atoms with Gasteiger partial charge in [-0.05, 0) is 30.5 Å². The monoisotopic (exact) mass is 486 g/mol. The van der Waals surface area contributed by atoms with E-state index in [1.165, 1.54) is 6.07 Å². The molecule has 1 saturated heterocycles. The summed E-state index contributed by atoms with van der Waals surface area (Å²) < 4.78 is 13.5. The minimum absolute atomic E-state index is 0. The number of hydrogen-bond donors (Lipinski definition) is 2. The highest BCUT2D eigenvalue weighted by Gasteiger charge is 2.26. The van der Waals surface area contributed by atoms with Gasteiger partial charge in [0.05, 0.1) is 0 Å². The Balaban J connectivity index is 0.00000261. The molecule has 1 aromatic heterocycles. The van der Waals surface area contributed by atoms with E-state index in [1.807, 2.05) is 6.07 Å². The quantitative estimate of drug-likeness (QED) is 0.396. The summed E-state index contributed by atoms with van der Waals surface area (Å²) in [4.78, 5) is 11.0. The Labute approximate surface area is 177 Å². The van der Waals surface area contributed by atoms with Crippen molar-refractivity contribution < 1.29 is 4.39 Å². The molecule has 148 valence electrons. The molecule has 1 aromatic carbocycles. The van der Waals surface area contributed by atoms with Gasteiger partial charge >= 0.3 is 0 Å². The molecule has 2 aromatic rings. The van der Waals surface area contributed by atoms with E-state index in [0.29, 0.717) is 12.5 Å². The number of guanidine groups is 1. The predicted molar refractivity (Wildman–Crippen MR) is 116 cm³/mol. The van der Waals surface area contributed by atoms with Gasteiger partial charge in [-0.3, -0.25) is 10.1 Å². The van der Waals surface area contributed by atoms with E-state index in [4.69, 9.17) is 0 Å². The van der Waals surface area contributed by atoms with Crippen molar-refractivity contribution in [1.29, 1.82) is 0 Å². The Morgan fingerprint density at radius 3 is 2.70 bits per heavy atom. The number of aliphatic imine (C=N–C) groups is 1. The third kappa shape index (κ3) is 5.40. The summed E-state index contributed by atoms with van der Waals surface area (Å²) in [7, 11) is 1.81. The molecule has 0 aliphatic carbocycles. The first-order valence-corrected chi connectivity index (χ1v) is 9.06. The Morgan fingerprint density at radius 2 is 2.11 bits per heavy atom. The second kappa shape index (κ2) is 9.48. The van der Waals surface area contributed by atoms with E-state index in [9.17, 15) is 4.39 Å². The van der Waals surface area contributed by atoms with E-state index < -0.39 is 0 Å². The van der Waals surface area contributed by atoms with Crippen molar-refractivity contribution in [3.8, 4) is 0 Å². The van der Waals surface area contributed by atoms with Crippen LogP contribution in [-0.2, 0) is 5.41 Å². The van der Waals surface area contributed by atoms with Crippen molar-refractivity contribution in [3.63, 3.8) is 0 Å². The minimum atomic E-state index is -0.200. The number of aromatic amines is 1. The van der Waals surface area contributed by atoms with E-state index in [1.54, 1.807) is 25.5 Å². The average Bonchev–Trinajstić information content (AvgIpc) is 3.17. The number of H-pyrrole nitrogens is 1. The molecule has 6 nitrogen and oxygen atoms in total. The number of rotatable bonds is 4. The van der Waals surface area contributed by atoms with Crippen molar-refractivity contribution in [1.82, 2.24) is 25.4 Å². The standard InChI is InChI=1S/C19H27FN6.HI/c1-19(2,15-5-4-6-16(20)11-15)12-22-18(21-3)26-9-7-14(8-10-26)17-23-13-24-25-17;/h4-6,11,13-14H,7-10,12H2,1-3H3,(H,21,22)(H,23,24,25);1H. The smallest absolute Gasteiger partial charge is 0.193 e. The molecule has 0 bridgehead atoms. The zero-order valence-corrected chi connectivity index (χ0v) is 18.4. The maximum Gasteiger partial charge on any atom is 0.193 e. The maximum absolute atomic E-state index is 13.5. The van der Waals surface area contributed by atoms with Crippen molar-refractivity contribution in [2.24, 2.45) is 4.99 Å². The third-order valence-electron chi connectivity index (χ3n) is 5.12. The first-order valence-electron chi connectivity index (χ1n) is 9.06. The molecule has 1 fully saturated rings. The van der Waals surface area contributed by atoms with Crippen LogP contribution in [-0.4, -0.2) is 52.7 Å². The number of piperidine rings is 1. The number of likely N-dealkylation sites (tertiary alicyclic amines) is 1. The lowest BCUT2D eigenvalue weighted by atomic mass is 9.84. The molecule has 0 atom stereocenters. The molecule has 27 heavy (non-hydrogen) atoms. The van der Waals surface area contributed by atoms with Crippen molar-refractivity contribution in [2.45, 2.75) is 38.0 Å². The fourth-order valence-electron chi connectivity index (χ4n) is 3.42. The maximum atomic E-state index is 13.5. The SMILES string of the molecule is CN=C(NCC(C)(C)c1cccc(F)c1)N1CCC(c2ncn[nH]2)CC1.I. The highest BCUT2D eigenvalue weighted by Crippen LogP contribution is 2.26. The first kappa shape index (κ1) is 21.6. The van der Waals surface area contributed by atoms with Crippen LogP contribution in [0.15, 0.2) is 35.6 Å². The van der Waals surface area contributed by atoms with Crippen LogP contribution in [0.3, 0.4) is 0 Å². The number of aromatic nitrogens is 3. The zero-order chi connectivity index (χ0) is 18.6. The van der Waals surface area contributed by atoms with E-state index in [-0.39, 0.29) is 35.2 Å². The molecule has 8 heteroatoms. The lowest BCUT2D eigenvalue weighted by Crippen LogP contribution is -2.48. The molecule has 1 aliphatic rings. The second-order valence-corrected chi connectivity index (χ2v) is 7.43. The fourth-order valence-corrected chi connectivity index (χ4v) is 3.42. The summed E-state index contributed by atoms with van der Waals surface area (Å²) in [6.07, 6.45) is 3.60. The van der Waals surface area contributed by atoms with Crippen molar-refractivity contribution >= 4 is 29.9 Å². The number of nitrogens with zero attached hydrogens (tertiary/aromatic N) is 4. The van der Waals surface area contributed by atoms with Gasteiger partial charge in [0.2, 0.25) is 0 Å². The van der Waals surface area contributed by atoms with Gasteiger partial charge in [0.1, 0.15) is 18.0 Å². The number of hydrogen-bond acceptors (Lipinski definition) is 3. The Hall–Kier alpha value is -1.71. The van der Waals surface area contributed by atoms with Gasteiger partial charge < -0.3 is 10.2 Å². The molecule has 0 spiro atoms. The molecule has 0 unspecified atom stereocenters. The minimum Gasteiger partial charge on any atom is -0.355 e. The van der Waals surface area contributed by atoms with Gasteiger partial charge in [-0.2, -0.15) is 5.10 Å². The molecular weight excluding hydrogens is 458 g/mol. The topological polar surface area (TPSA) is 69.2 Å². The summed E-state index contributed by atoms with van der Waals surface area (Å²) in [5.41, 5.74) is 0.778. The molecule has 1 aliphatic heterocycles.